The molecule has 2 N–H and O–H groups in total. The highest BCUT2D eigenvalue weighted by molar-refractivity contribution is 6.02. The molecule has 1 aromatic carbocycles. The molecule has 21 heavy (non-hydrogen) atoms. The van der Waals surface area contributed by atoms with Gasteiger partial charge in [0.25, 0.3) is 0 Å². The first kappa shape index (κ1) is 13.8. The number of hydrogen-bond acceptors (Lipinski definition) is 5. The second-order valence-electron chi connectivity index (χ2n) is 5.59. The number of rotatable bonds is 3. The Morgan fingerprint density at radius 2 is 2.19 bits per heavy atom. The lowest BCUT2D eigenvalue weighted by Gasteiger charge is -2.35. The van der Waals surface area contributed by atoms with Crippen molar-refractivity contribution in [2.24, 2.45) is 0 Å². The Balaban J connectivity index is 2.10. The van der Waals surface area contributed by atoms with E-state index in [9.17, 15) is 9.90 Å². The summed E-state index contributed by atoms with van der Waals surface area (Å²) in [4.78, 5) is 11.4. The van der Waals surface area contributed by atoms with Crippen molar-refractivity contribution in [1.29, 1.82) is 0 Å². The van der Waals surface area contributed by atoms with Gasteiger partial charge in [-0.15, -0.1) is 10.2 Å². The van der Waals surface area contributed by atoms with Gasteiger partial charge >= 0.3 is 5.97 Å². The Hall–Kier alpha value is -2.21. The van der Waals surface area contributed by atoms with E-state index >= 15 is 0 Å². The number of carbonyl (C=O) groups is 1. The number of aromatic carboxylic acids is 1. The summed E-state index contributed by atoms with van der Waals surface area (Å²) < 4.78 is 5.52. The van der Waals surface area contributed by atoms with Crippen molar-refractivity contribution >= 4 is 22.6 Å². The highest BCUT2D eigenvalue weighted by atomic mass is 16.5. The Morgan fingerprint density at radius 3 is 2.90 bits per heavy atom. The van der Waals surface area contributed by atoms with Crippen LogP contribution in [0.25, 0.3) is 10.9 Å². The molecule has 0 aliphatic carbocycles. The maximum Gasteiger partial charge on any atom is 0.358 e. The monoisotopic (exact) mass is 287 g/mol. The molecule has 1 aromatic heterocycles. The van der Waals surface area contributed by atoms with Crippen LogP contribution in [0.4, 0.5) is 5.69 Å². The van der Waals surface area contributed by atoms with E-state index in [-0.39, 0.29) is 11.2 Å². The molecule has 1 aliphatic rings. The molecule has 2 heterocycles. The molecule has 1 saturated heterocycles. The fraction of sp³-hybridized carbons (Fsp3) is 0.400. The summed E-state index contributed by atoms with van der Waals surface area (Å²) in [6, 6.07) is 7.39. The average molecular weight is 287 g/mol. The third kappa shape index (κ3) is 2.67. The minimum absolute atomic E-state index is 0.0551. The molecular formula is C15H17N3O3. The Labute approximate surface area is 122 Å². The van der Waals surface area contributed by atoms with Crippen molar-refractivity contribution in [2.45, 2.75) is 25.3 Å². The zero-order valence-electron chi connectivity index (χ0n) is 11.8. The summed E-state index contributed by atoms with van der Waals surface area (Å²) in [5, 5.41) is 21.3. The first-order chi connectivity index (χ1) is 10.1. The predicted octanol–water partition coefficient (Wildman–Crippen LogP) is 2.31. The van der Waals surface area contributed by atoms with E-state index in [0.717, 1.165) is 24.8 Å². The topological polar surface area (TPSA) is 84.3 Å². The van der Waals surface area contributed by atoms with Gasteiger partial charge in [-0.05, 0) is 25.8 Å². The number of carboxylic acids is 1. The summed E-state index contributed by atoms with van der Waals surface area (Å²) in [5.41, 5.74) is 0.834. The van der Waals surface area contributed by atoms with Crippen LogP contribution in [0.1, 0.15) is 30.3 Å². The van der Waals surface area contributed by atoms with Crippen LogP contribution in [0.2, 0.25) is 0 Å². The van der Waals surface area contributed by atoms with Crippen molar-refractivity contribution in [2.75, 3.05) is 18.5 Å². The van der Waals surface area contributed by atoms with Crippen LogP contribution in [-0.4, -0.2) is 40.0 Å². The number of aromatic nitrogens is 2. The van der Waals surface area contributed by atoms with E-state index in [1.807, 2.05) is 31.2 Å². The molecule has 2 aromatic rings. The van der Waals surface area contributed by atoms with Gasteiger partial charge in [0, 0.05) is 12.0 Å². The fourth-order valence-corrected chi connectivity index (χ4v) is 2.66. The lowest BCUT2D eigenvalue weighted by molar-refractivity contribution is 0.0538. The van der Waals surface area contributed by atoms with Crippen LogP contribution in [0.15, 0.2) is 24.3 Å². The molecule has 0 spiro atoms. The van der Waals surface area contributed by atoms with Crippen molar-refractivity contribution in [3.63, 3.8) is 0 Å². The molecular weight excluding hydrogens is 270 g/mol. The molecule has 1 fully saturated rings. The van der Waals surface area contributed by atoms with Gasteiger partial charge in [0.05, 0.1) is 23.3 Å². The number of nitrogens with one attached hydrogen (secondary N) is 1. The second kappa shape index (κ2) is 5.29. The first-order valence-electron chi connectivity index (χ1n) is 6.94. The number of carboxylic acid groups (broad SMARTS) is 1. The molecule has 1 aliphatic heterocycles. The van der Waals surface area contributed by atoms with E-state index < -0.39 is 5.97 Å². The number of benzene rings is 1. The maximum atomic E-state index is 11.4. The normalized spacial score (nSPS) is 22.1. The van der Waals surface area contributed by atoms with Gasteiger partial charge in [-0.1, -0.05) is 18.2 Å². The molecule has 0 amide bonds. The predicted molar refractivity (Wildman–Crippen MR) is 78.6 cm³/mol. The summed E-state index contributed by atoms with van der Waals surface area (Å²) in [7, 11) is 0. The van der Waals surface area contributed by atoms with Gasteiger partial charge in [0.1, 0.15) is 0 Å². The first-order valence-corrected chi connectivity index (χ1v) is 6.94. The molecule has 0 radical (unpaired) electrons. The van der Waals surface area contributed by atoms with Gasteiger partial charge in [0.15, 0.2) is 5.69 Å². The second-order valence-corrected chi connectivity index (χ2v) is 5.59. The smallest absolute Gasteiger partial charge is 0.358 e. The van der Waals surface area contributed by atoms with Crippen molar-refractivity contribution in [3.8, 4) is 0 Å². The zero-order chi connectivity index (χ0) is 14.9. The molecule has 1 unspecified atom stereocenters. The maximum absolute atomic E-state index is 11.4. The summed E-state index contributed by atoms with van der Waals surface area (Å²) >= 11 is 0. The number of anilines is 1. The van der Waals surface area contributed by atoms with Gasteiger partial charge in [0.2, 0.25) is 0 Å². The summed E-state index contributed by atoms with van der Waals surface area (Å²) in [5.74, 6) is -1.09. The van der Waals surface area contributed by atoms with Crippen LogP contribution in [0.5, 0.6) is 0 Å². The van der Waals surface area contributed by atoms with E-state index in [4.69, 9.17) is 4.74 Å². The van der Waals surface area contributed by atoms with Crippen LogP contribution >= 0.6 is 0 Å². The van der Waals surface area contributed by atoms with Gasteiger partial charge in [-0.2, -0.15) is 0 Å². The SMILES string of the molecule is CC1(Nc2c(C(=O)O)nnc3ccccc23)CCCOC1. The highest BCUT2D eigenvalue weighted by Gasteiger charge is 2.30. The molecule has 6 nitrogen and oxygen atoms in total. The standard InChI is InChI=1S/C15H17N3O3/c1-15(7-4-8-21-9-15)16-12-10-5-2-3-6-11(10)17-18-13(12)14(19)20/h2-3,5-6H,4,7-9H2,1H3,(H,16,17)(H,19,20). The molecule has 0 bridgehead atoms. The lowest BCUT2D eigenvalue weighted by atomic mass is 9.94. The van der Waals surface area contributed by atoms with Crippen LogP contribution in [0.3, 0.4) is 0 Å². The van der Waals surface area contributed by atoms with Gasteiger partial charge in [-0.25, -0.2) is 4.79 Å². The summed E-state index contributed by atoms with van der Waals surface area (Å²) in [6.07, 6.45) is 1.87. The number of nitrogens with zero attached hydrogens (tertiary/aromatic N) is 2. The number of hydrogen-bond donors (Lipinski definition) is 2. The highest BCUT2D eigenvalue weighted by Crippen LogP contribution is 2.30. The van der Waals surface area contributed by atoms with E-state index in [1.54, 1.807) is 0 Å². The van der Waals surface area contributed by atoms with E-state index in [1.165, 1.54) is 0 Å². The van der Waals surface area contributed by atoms with Crippen LogP contribution < -0.4 is 5.32 Å². The number of fused-ring (bicyclic) bond motifs is 1. The third-order valence-corrected chi connectivity index (χ3v) is 3.74. The Bertz CT molecular complexity index is 681. The van der Waals surface area contributed by atoms with Crippen molar-refractivity contribution < 1.29 is 14.6 Å². The summed E-state index contributed by atoms with van der Waals surface area (Å²) in [6.45, 7) is 3.33. The fourth-order valence-electron chi connectivity index (χ4n) is 2.66. The molecule has 6 heteroatoms. The van der Waals surface area contributed by atoms with Crippen LogP contribution in [0, 0.1) is 0 Å². The van der Waals surface area contributed by atoms with Gasteiger partial charge < -0.3 is 15.2 Å². The molecule has 110 valence electrons. The van der Waals surface area contributed by atoms with Crippen LogP contribution in [-0.2, 0) is 4.74 Å². The Kier molecular flexibility index (Phi) is 3.47. The molecule has 0 saturated carbocycles. The van der Waals surface area contributed by atoms with Crippen molar-refractivity contribution in [3.05, 3.63) is 30.0 Å². The largest absolute Gasteiger partial charge is 0.476 e. The third-order valence-electron chi connectivity index (χ3n) is 3.74. The lowest BCUT2D eigenvalue weighted by Crippen LogP contribution is -2.43. The molecule has 1 atom stereocenters. The minimum Gasteiger partial charge on any atom is -0.476 e. The molecule has 3 rings (SSSR count). The van der Waals surface area contributed by atoms with E-state index in [0.29, 0.717) is 17.8 Å². The van der Waals surface area contributed by atoms with E-state index in [2.05, 4.69) is 15.5 Å². The Morgan fingerprint density at radius 1 is 1.38 bits per heavy atom. The number of ether oxygens (including phenoxy) is 1. The minimum atomic E-state index is -1.09. The van der Waals surface area contributed by atoms with Crippen molar-refractivity contribution in [1.82, 2.24) is 10.2 Å². The zero-order valence-corrected chi connectivity index (χ0v) is 11.8. The quantitative estimate of drug-likeness (QED) is 0.901. The van der Waals surface area contributed by atoms with Gasteiger partial charge in [-0.3, -0.25) is 0 Å². The average Bonchev–Trinajstić information content (AvgIpc) is 2.47.